The van der Waals surface area contributed by atoms with Crippen LogP contribution in [0.4, 0.5) is 0 Å². The summed E-state index contributed by atoms with van der Waals surface area (Å²) < 4.78 is 0. The predicted octanol–water partition coefficient (Wildman–Crippen LogP) is 0.795. The van der Waals surface area contributed by atoms with Gasteiger partial charge in [-0.2, -0.15) is 0 Å². The standard InChI is InChI=1S/C9H10N2O2/c10-5-1-2-7-3-4-8(9(12)13)11-6-7/h1,3-6H,2,10H2,(H,12,13). The van der Waals surface area contributed by atoms with Gasteiger partial charge in [0.25, 0.3) is 0 Å². The minimum Gasteiger partial charge on any atom is -0.477 e. The smallest absolute Gasteiger partial charge is 0.354 e. The molecule has 0 aliphatic carbocycles. The van der Waals surface area contributed by atoms with Crippen molar-refractivity contribution in [3.8, 4) is 0 Å². The largest absolute Gasteiger partial charge is 0.477 e. The van der Waals surface area contributed by atoms with E-state index in [4.69, 9.17) is 10.8 Å². The number of hydrogen-bond donors (Lipinski definition) is 2. The molecule has 1 rings (SSSR count). The van der Waals surface area contributed by atoms with E-state index in [2.05, 4.69) is 4.98 Å². The number of hydrogen-bond acceptors (Lipinski definition) is 3. The molecular weight excluding hydrogens is 168 g/mol. The second kappa shape index (κ2) is 4.25. The second-order valence-electron chi connectivity index (χ2n) is 2.49. The number of allylic oxidation sites excluding steroid dienone is 1. The van der Waals surface area contributed by atoms with Crippen LogP contribution in [0, 0.1) is 0 Å². The first kappa shape index (κ1) is 9.25. The van der Waals surface area contributed by atoms with Gasteiger partial charge in [0, 0.05) is 6.20 Å². The molecular formula is C9H10N2O2. The first-order valence-electron chi connectivity index (χ1n) is 3.79. The molecule has 1 aromatic heterocycles. The van der Waals surface area contributed by atoms with Gasteiger partial charge in [-0.15, -0.1) is 0 Å². The van der Waals surface area contributed by atoms with E-state index >= 15 is 0 Å². The Balaban J connectivity index is 2.75. The van der Waals surface area contributed by atoms with Crippen molar-refractivity contribution in [2.45, 2.75) is 6.42 Å². The van der Waals surface area contributed by atoms with E-state index in [0.29, 0.717) is 6.42 Å². The molecule has 13 heavy (non-hydrogen) atoms. The average molecular weight is 178 g/mol. The number of pyridine rings is 1. The summed E-state index contributed by atoms with van der Waals surface area (Å²) in [6.07, 6.45) is 5.43. The topological polar surface area (TPSA) is 76.2 Å². The van der Waals surface area contributed by atoms with Crippen LogP contribution in [0.5, 0.6) is 0 Å². The Morgan fingerprint density at radius 1 is 1.62 bits per heavy atom. The Morgan fingerprint density at radius 2 is 2.38 bits per heavy atom. The fraction of sp³-hybridized carbons (Fsp3) is 0.111. The van der Waals surface area contributed by atoms with Crippen LogP contribution >= 0.6 is 0 Å². The lowest BCUT2D eigenvalue weighted by molar-refractivity contribution is 0.0690. The third-order valence-electron chi connectivity index (χ3n) is 1.53. The number of rotatable bonds is 3. The van der Waals surface area contributed by atoms with Crippen LogP contribution in [-0.2, 0) is 6.42 Å². The second-order valence-corrected chi connectivity index (χ2v) is 2.49. The van der Waals surface area contributed by atoms with Crippen molar-refractivity contribution < 1.29 is 9.90 Å². The summed E-state index contributed by atoms with van der Waals surface area (Å²) >= 11 is 0. The lowest BCUT2D eigenvalue weighted by Crippen LogP contribution is -1.99. The number of carboxylic acid groups (broad SMARTS) is 1. The number of carboxylic acids is 1. The lowest BCUT2D eigenvalue weighted by atomic mass is 10.2. The Labute approximate surface area is 75.7 Å². The molecule has 4 heteroatoms. The van der Waals surface area contributed by atoms with Crippen molar-refractivity contribution in [3.63, 3.8) is 0 Å². The zero-order valence-electron chi connectivity index (χ0n) is 6.97. The van der Waals surface area contributed by atoms with Gasteiger partial charge in [-0.05, 0) is 24.3 Å². The van der Waals surface area contributed by atoms with Gasteiger partial charge in [0.15, 0.2) is 0 Å². The highest BCUT2D eigenvalue weighted by molar-refractivity contribution is 5.85. The normalized spacial score (nSPS) is 10.5. The van der Waals surface area contributed by atoms with E-state index in [9.17, 15) is 4.79 Å². The molecule has 0 spiro atoms. The fourth-order valence-corrected chi connectivity index (χ4v) is 0.876. The Hall–Kier alpha value is -1.84. The maximum atomic E-state index is 10.4. The van der Waals surface area contributed by atoms with Crippen molar-refractivity contribution in [2.75, 3.05) is 0 Å². The van der Waals surface area contributed by atoms with E-state index in [0.717, 1.165) is 5.56 Å². The summed E-state index contributed by atoms with van der Waals surface area (Å²) in [5.41, 5.74) is 6.15. The van der Waals surface area contributed by atoms with Gasteiger partial charge in [-0.25, -0.2) is 9.78 Å². The molecule has 1 heterocycles. The Morgan fingerprint density at radius 3 is 2.85 bits per heavy atom. The summed E-state index contributed by atoms with van der Waals surface area (Å²) in [4.78, 5) is 14.2. The van der Waals surface area contributed by atoms with Crippen LogP contribution in [0.15, 0.2) is 30.6 Å². The minimum atomic E-state index is -1.01. The van der Waals surface area contributed by atoms with Gasteiger partial charge in [0.05, 0.1) is 0 Å². The first-order valence-corrected chi connectivity index (χ1v) is 3.79. The molecule has 0 aromatic carbocycles. The maximum Gasteiger partial charge on any atom is 0.354 e. The minimum absolute atomic E-state index is 0.0560. The van der Waals surface area contributed by atoms with Crippen LogP contribution in [0.25, 0.3) is 0 Å². The SMILES string of the molecule is NC=CCc1ccc(C(=O)O)nc1. The van der Waals surface area contributed by atoms with Crippen molar-refractivity contribution >= 4 is 5.97 Å². The highest BCUT2D eigenvalue weighted by atomic mass is 16.4. The van der Waals surface area contributed by atoms with Gasteiger partial charge >= 0.3 is 5.97 Å². The molecule has 0 saturated heterocycles. The van der Waals surface area contributed by atoms with Crippen LogP contribution < -0.4 is 5.73 Å². The van der Waals surface area contributed by atoms with Crippen molar-refractivity contribution in [3.05, 3.63) is 41.9 Å². The van der Waals surface area contributed by atoms with E-state index < -0.39 is 5.97 Å². The predicted molar refractivity (Wildman–Crippen MR) is 48.2 cm³/mol. The van der Waals surface area contributed by atoms with Crippen LogP contribution in [0.1, 0.15) is 16.1 Å². The highest BCUT2D eigenvalue weighted by Crippen LogP contribution is 2.01. The summed E-state index contributed by atoms with van der Waals surface area (Å²) in [5.74, 6) is -1.01. The molecule has 0 fully saturated rings. The van der Waals surface area contributed by atoms with E-state index in [1.165, 1.54) is 18.5 Å². The van der Waals surface area contributed by atoms with Gasteiger partial charge in [-0.3, -0.25) is 0 Å². The van der Waals surface area contributed by atoms with Crippen molar-refractivity contribution in [1.29, 1.82) is 0 Å². The molecule has 0 atom stereocenters. The van der Waals surface area contributed by atoms with E-state index in [1.807, 2.05) is 0 Å². The Bertz CT molecular complexity index is 317. The van der Waals surface area contributed by atoms with Gasteiger partial charge in [-0.1, -0.05) is 12.1 Å². The quantitative estimate of drug-likeness (QED) is 0.717. The summed E-state index contributed by atoms with van der Waals surface area (Å²) in [6, 6.07) is 3.19. The average Bonchev–Trinajstić information content (AvgIpc) is 2.15. The van der Waals surface area contributed by atoms with Crippen LogP contribution in [0.3, 0.4) is 0 Å². The van der Waals surface area contributed by atoms with Gasteiger partial charge < -0.3 is 10.8 Å². The summed E-state index contributed by atoms with van der Waals surface area (Å²) in [5, 5.41) is 8.56. The van der Waals surface area contributed by atoms with Crippen LogP contribution in [-0.4, -0.2) is 16.1 Å². The molecule has 3 N–H and O–H groups in total. The monoisotopic (exact) mass is 178 g/mol. The molecule has 4 nitrogen and oxygen atoms in total. The number of aromatic nitrogens is 1. The maximum absolute atomic E-state index is 10.4. The molecule has 0 aliphatic heterocycles. The molecule has 0 aliphatic rings. The third-order valence-corrected chi connectivity index (χ3v) is 1.53. The zero-order chi connectivity index (χ0) is 9.68. The summed E-state index contributed by atoms with van der Waals surface area (Å²) in [6.45, 7) is 0. The molecule has 0 saturated carbocycles. The van der Waals surface area contributed by atoms with Gasteiger partial charge in [0.2, 0.25) is 0 Å². The van der Waals surface area contributed by atoms with Crippen molar-refractivity contribution in [1.82, 2.24) is 4.98 Å². The van der Waals surface area contributed by atoms with E-state index in [1.54, 1.807) is 12.1 Å². The van der Waals surface area contributed by atoms with Gasteiger partial charge in [0.1, 0.15) is 5.69 Å². The zero-order valence-corrected chi connectivity index (χ0v) is 6.97. The van der Waals surface area contributed by atoms with E-state index in [-0.39, 0.29) is 5.69 Å². The lowest BCUT2D eigenvalue weighted by Gasteiger charge is -1.96. The fourth-order valence-electron chi connectivity index (χ4n) is 0.876. The summed E-state index contributed by atoms with van der Waals surface area (Å²) in [7, 11) is 0. The number of carbonyl (C=O) groups is 1. The number of nitrogens with two attached hydrogens (primary N) is 1. The molecule has 1 aromatic rings. The van der Waals surface area contributed by atoms with Crippen LogP contribution in [0.2, 0.25) is 0 Å². The third kappa shape index (κ3) is 2.59. The molecule has 68 valence electrons. The number of nitrogens with zero attached hydrogens (tertiary/aromatic N) is 1. The first-order chi connectivity index (χ1) is 6.24. The molecule has 0 amide bonds. The molecule has 0 bridgehead atoms. The number of aromatic carboxylic acids is 1. The molecule has 0 radical (unpaired) electrons. The Kier molecular flexibility index (Phi) is 3.03. The molecule has 0 unspecified atom stereocenters. The highest BCUT2D eigenvalue weighted by Gasteiger charge is 2.02. The van der Waals surface area contributed by atoms with Crippen molar-refractivity contribution in [2.24, 2.45) is 5.73 Å².